The molecule has 0 saturated heterocycles. The van der Waals surface area contributed by atoms with E-state index in [0.29, 0.717) is 22.8 Å². The van der Waals surface area contributed by atoms with Crippen molar-refractivity contribution in [3.63, 3.8) is 0 Å². The van der Waals surface area contributed by atoms with Crippen LogP contribution in [0.3, 0.4) is 0 Å². The molecule has 2 heterocycles. The molecule has 0 amide bonds. The van der Waals surface area contributed by atoms with E-state index < -0.39 is 0 Å². The molecule has 0 aliphatic rings. The first-order valence-electron chi connectivity index (χ1n) is 6.66. The van der Waals surface area contributed by atoms with Gasteiger partial charge in [-0.25, -0.2) is 4.98 Å². The topological polar surface area (TPSA) is 74.2 Å². The number of carbonyl (C=O) groups is 1. The van der Waals surface area contributed by atoms with Crippen molar-refractivity contribution in [2.24, 2.45) is 0 Å². The number of ether oxygens (including phenoxy) is 2. The summed E-state index contributed by atoms with van der Waals surface area (Å²) in [4.78, 5) is 23.9. The van der Waals surface area contributed by atoms with Gasteiger partial charge in [-0.05, 0) is 23.8 Å². The van der Waals surface area contributed by atoms with E-state index in [9.17, 15) is 4.79 Å². The van der Waals surface area contributed by atoms with Crippen molar-refractivity contribution in [1.29, 1.82) is 0 Å². The van der Waals surface area contributed by atoms with Gasteiger partial charge in [-0.15, -0.1) is 0 Å². The zero-order chi connectivity index (χ0) is 15.4. The molecule has 110 valence electrons. The highest BCUT2D eigenvalue weighted by Crippen LogP contribution is 2.22. The number of hydrogen-bond acceptors (Lipinski definition) is 6. The van der Waals surface area contributed by atoms with E-state index in [-0.39, 0.29) is 12.4 Å². The zero-order valence-electron chi connectivity index (χ0n) is 11.9. The number of esters is 1. The normalized spacial score (nSPS) is 10.4. The summed E-state index contributed by atoms with van der Waals surface area (Å²) in [6.07, 6.45) is 3.39. The van der Waals surface area contributed by atoms with Gasteiger partial charge in [0, 0.05) is 18.5 Å². The lowest BCUT2D eigenvalue weighted by Crippen LogP contribution is -2.04. The maximum absolute atomic E-state index is 11.3. The fraction of sp³-hybridized carbons (Fsp3) is 0.125. The molecule has 0 aliphatic heterocycles. The summed E-state index contributed by atoms with van der Waals surface area (Å²) in [5.74, 6) is 0.719. The van der Waals surface area contributed by atoms with Crippen molar-refractivity contribution in [2.75, 3.05) is 7.11 Å². The monoisotopic (exact) mass is 295 g/mol. The van der Waals surface area contributed by atoms with E-state index >= 15 is 0 Å². The highest BCUT2D eigenvalue weighted by Gasteiger charge is 2.06. The van der Waals surface area contributed by atoms with Crippen LogP contribution in [0.4, 0.5) is 0 Å². The number of aromatic nitrogens is 3. The molecule has 0 unspecified atom stereocenters. The summed E-state index contributed by atoms with van der Waals surface area (Å²) in [6, 6.07) is 10.7. The third-order valence-electron chi connectivity index (χ3n) is 3.00. The van der Waals surface area contributed by atoms with Gasteiger partial charge in [-0.3, -0.25) is 9.78 Å². The van der Waals surface area contributed by atoms with Crippen LogP contribution in [0.1, 0.15) is 5.56 Å². The Bertz CT molecular complexity index is 820. The second-order valence-electron chi connectivity index (χ2n) is 4.55. The Morgan fingerprint density at radius 3 is 2.86 bits per heavy atom. The predicted molar refractivity (Wildman–Crippen MR) is 79.6 cm³/mol. The Labute approximate surface area is 126 Å². The Kier molecular flexibility index (Phi) is 3.91. The van der Waals surface area contributed by atoms with Crippen LogP contribution >= 0.6 is 0 Å². The maximum atomic E-state index is 11.3. The molecule has 6 heteroatoms. The standard InChI is InChI=1S/C16H13N3O3/c1-21-15(20)10-11-3-2-4-12(9-11)22-14-6-5-13-16(19-14)18-8-7-17-13/h2-9H,10H2,1H3. The first kappa shape index (κ1) is 13.9. The number of fused-ring (bicyclic) bond motifs is 1. The molecule has 0 spiro atoms. The summed E-state index contributed by atoms with van der Waals surface area (Å²) < 4.78 is 10.4. The van der Waals surface area contributed by atoms with Gasteiger partial charge in [-0.2, -0.15) is 4.98 Å². The first-order valence-corrected chi connectivity index (χ1v) is 6.66. The maximum Gasteiger partial charge on any atom is 0.309 e. The molecular weight excluding hydrogens is 282 g/mol. The Morgan fingerprint density at radius 1 is 1.14 bits per heavy atom. The van der Waals surface area contributed by atoms with Gasteiger partial charge < -0.3 is 9.47 Å². The van der Waals surface area contributed by atoms with Crippen molar-refractivity contribution in [1.82, 2.24) is 15.0 Å². The molecule has 0 radical (unpaired) electrons. The first-order chi connectivity index (χ1) is 10.7. The Hall–Kier alpha value is -3.02. The molecule has 1 aromatic carbocycles. The van der Waals surface area contributed by atoms with Crippen LogP contribution in [-0.2, 0) is 16.0 Å². The van der Waals surface area contributed by atoms with Crippen LogP contribution in [-0.4, -0.2) is 28.0 Å². The van der Waals surface area contributed by atoms with Crippen molar-refractivity contribution < 1.29 is 14.3 Å². The smallest absolute Gasteiger partial charge is 0.309 e. The molecule has 0 saturated carbocycles. The average molecular weight is 295 g/mol. The van der Waals surface area contributed by atoms with Crippen LogP contribution < -0.4 is 4.74 Å². The average Bonchev–Trinajstić information content (AvgIpc) is 2.55. The molecule has 0 atom stereocenters. The molecule has 0 bridgehead atoms. The van der Waals surface area contributed by atoms with E-state index in [1.54, 1.807) is 36.7 Å². The van der Waals surface area contributed by atoms with E-state index in [1.807, 2.05) is 12.1 Å². The van der Waals surface area contributed by atoms with Gasteiger partial charge in [0.1, 0.15) is 11.3 Å². The number of nitrogens with zero attached hydrogens (tertiary/aromatic N) is 3. The largest absolute Gasteiger partial charge is 0.469 e. The van der Waals surface area contributed by atoms with Crippen LogP contribution in [0, 0.1) is 0 Å². The van der Waals surface area contributed by atoms with Gasteiger partial charge in [0.25, 0.3) is 0 Å². The minimum Gasteiger partial charge on any atom is -0.469 e. The predicted octanol–water partition coefficient (Wildman–Crippen LogP) is 2.53. The number of rotatable bonds is 4. The lowest BCUT2D eigenvalue weighted by atomic mass is 10.1. The highest BCUT2D eigenvalue weighted by molar-refractivity contribution is 5.72. The highest BCUT2D eigenvalue weighted by atomic mass is 16.5. The summed E-state index contributed by atoms with van der Waals surface area (Å²) in [5, 5.41) is 0. The third-order valence-corrected chi connectivity index (χ3v) is 3.00. The van der Waals surface area contributed by atoms with Crippen LogP contribution in [0.25, 0.3) is 11.2 Å². The van der Waals surface area contributed by atoms with Gasteiger partial charge >= 0.3 is 5.97 Å². The summed E-state index contributed by atoms with van der Waals surface area (Å²) in [5.41, 5.74) is 2.03. The molecule has 22 heavy (non-hydrogen) atoms. The van der Waals surface area contributed by atoms with Gasteiger partial charge in [-0.1, -0.05) is 12.1 Å². The van der Waals surface area contributed by atoms with Crippen LogP contribution in [0.2, 0.25) is 0 Å². The van der Waals surface area contributed by atoms with E-state index in [0.717, 1.165) is 5.56 Å². The quantitative estimate of drug-likeness (QED) is 0.689. The molecule has 0 aliphatic carbocycles. The minimum absolute atomic E-state index is 0.199. The van der Waals surface area contributed by atoms with Gasteiger partial charge in [0.2, 0.25) is 5.88 Å². The van der Waals surface area contributed by atoms with Crippen molar-refractivity contribution in [3.05, 3.63) is 54.4 Å². The van der Waals surface area contributed by atoms with Crippen molar-refractivity contribution in [2.45, 2.75) is 6.42 Å². The van der Waals surface area contributed by atoms with E-state index in [2.05, 4.69) is 19.7 Å². The lowest BCUT2D eigenvalue weighted by Gasteiger charge is -2.07. The second-order valence-corrected chi connectivity index (χ2v) is 4.55. The van der Waals surface area contributed by atoms with Gasteiger partial charge in [0.05, 0.1) is 13.5 Å². The lowest BCUT2D eigenvalue weighted by molar-refractivity contribution is -0.139. The molecule has 3 aromatic rings. The van der Waals surface area contributed by atoms with Crippen LogP contribution in [0.5, 0.6) is 11.6 Å². The molecule has 0 N–H and O–H groups in total. The number of pyridine rings is 1. The second kappa shape index (κ2) is 6.17. The molecule has 2 aromatic heterocycles. The van der Waals surface area contributed by atoms with E-state index in [1.165, 1.54) is 7.11 Å². The summed E-state index contributed by atoms with van der Waals surface area (Å²) >= 11 is 0. The van der Waals surface area contributed by atoms with Crippen molar-refractivity contribution >= 4 is 17.1 Å². The summed E-state index contributed by atoms with van der Waals surface area (Å²) in [6.45, 7) is 0. The fourth-order valence-electron chi connectivity index (χ4n) is 1.97. The summed E-state index contributed by atoms with van der Waals surface area (Å²) in [7, 11) is 1.36. The van der Waals surface area contributed by atoms with Gasteiger partial charge in [0.15, 0.2) is 5.65 Å². The molecule has 3 rings (SSSR count). The van der Waals surface area contributed by atoms with E-state index in [4.69, 9.17) is 4.74 Å². The number of benzene rings is 1. The SMILES string of the molecule is COC(=O)Cc1cccc(Oc2ccc3nccnc3n2)c1. The third kappa shape index (κ3) is 3.17. The van der Waals surface area contributed by atoms with Crippen LogP contribution in [0.15, 0.2) is 48.8 Å². The fourth-order valence-corrected chi connectivity index (χ4v) is 1.97. The number of carbonyl (C=O) groups excluding carboxylic acids is 1. The minimum atomic E-state index is -0.295. The Morgan fingerprint density at radius 2 is 2.00 bits per heavy atom. The molecule has 0 fully saturated rings. The zero-order valence-corrected chi connectivity index (χ0v) is 11.9. The number of hydrogen-bond donors (Lipinski definition) is 0. The molecule has 6 nitrogen and oxygen atoms in total. The van der Waals surface area contributed by atoms with Crippen molar-refractivity contribution in [3.8, 4) is 11.6 Å². The Balaban J connectivity index is 1.82. The molecular formula is C16H13N3O3. The number of methoxy groups -OCH3 is 1.